The smallest absolute Gasteiger partial charge is 0.338 e. The Kier molecular flexibility index (Phi) is 8.87. The van der Waals surface area contributed by atoms with Gasteiger partial charge in [0.2, 0.25) is 5.91 Å². The van der Waals surface area contributed by atoms with Crippen LogP contribution < -0.4 is 10.6 Å². The van der Waals surface area contributed by atoms with Crippen molar-refractivity contribution < 1.29 is 19.1 Å². The van der Waals surface area contributed by atoms with E-state index in [4.69, 9.17) is 21.7 Å². The van der Waals surface area contributed by atoms with Crippen LogP contribution in [0.15, 0.2) is 70.8 Å². The zero-order valence-electron chi connectivity index (χ0n) is 18.8. The molecule has 2 N–H and O–H groups in total. The van der Waals surface area contributed by atoms with Crippen LogP contribution in [-0.2, 0) is 19.1 Å². The summed E-state index contributed by atoms with van der Waals surface area (Å²) >= 11 is 6.92. The molecule has 174 valence electrons. The van der Waals surface area contributed by atoms with Gasteiger partial charge < -0.3 is 25.0 Å². The number of anilines is 1. The molecule has 7 nitrogen and oxygen atoms in total. The molecule has 1 aliphatic rings. The van der Waals surface area contributed by atoms with Gasteiger partial charge in [0.15, 0.2) is 5.11 Å². The van der Waals surface area contributed by atoms with Crippen molar-refractivity contribution in [3.8, 4) is 0 Å². The summed E-state index contributed by atoms with van der Waals surface area (Å²) in [4.78, 5) is 28.1. The van der Waals surface area contributed by atoms with E-state index in [0.717, 1.165) is 10.5 Å². The lowest BCUT2D eigenvalue weighted by Gasteiger charge is -2.35. The summed E-state index contributed by atoms with van der Waals surface area (Å²) in [5, 5.41) is 6.64. The molecule has 33 heavy (non-hydrogen) atoms. The second kappa shape index (κ2) is 11.8. The molecule has 0 saturated carbocycles. The molecule has 2 aromatic rings. The third-order valence-corrected chi connectivity index (χ3v) is 6.52. The maximum atomic E-state index is 12.9. The molecule has 0 fully saturated rings. The first-order valence-electron chi connectivity index (χ1n) is 10.4. The summed E-state index contributed by atoms with van der Waals surface area (Å²) in [6, 6.07) is 16.6. The fourth-order valence-corrected chi connectivity index (χ4v) is 4.28. The lowest BCUT2D eigenvalue weighted by atomic mass is 9.95. The first kappa shape index (κ1) is 24.8. The number of benzene rings is 2. The molecule has 1 amide bonds. The number of nitrogens with one attached hydrogen (secondary N) is 2. The molecule has 0 saturated heterocycles. The number of carbonyl (C=O) groups is 2. The highest BCUT2D eigenvalue weighted by atomic mass is 32.2. The minimum Gasteiger partial charge on any atom is -0.460 e. The van der Waals surface area contributed by atoms with Gasteiger partial charge in [-0.15, -0.1) is 11.8 Å². The molecule has 0 aromatic heterocycles. The molecule has 0 spiro atoms. The minimum atomic E-state index is -0.501. The van der Waals surface area contributed by atoms with Gasteiger partial charge in [0.25, 0.3) is 0 Å². The Morgan fingerprint density at radius 1 is 1.15 bits per heavy atom. The number of thiocarbonyl (C=S) groups is 1. The lowest BCUT2D eigenvalue weighted by Crippen LogP contribution is -2.46. The second-order valence-electron chi connectivity index (χ2n) is 7.34. The summed E-state index contributed by atoms with van der Waals surface area (Å²) in [7, 11) is 3.35. The van der Waals surface area contributed by atoms with Gasteiger partial charge in [0.1, 0.15) is 6.61 Å². The van der Waals surface area contributed by atoms with Crippen molar-refractivity contribution in [3.05, 3.63) is 71.4 Å². The highest BCUT2D eigenvalue weighted by Crippen LogP contribution is 2.32. The van der Waals surface area contributed by atoms with Crippen LogP contribution in [0.2, 0.25) is 0 Å². The Hall–Kier alpha value is -2.88. The van der Waals surface area contributed by atoms with Crippen molar-refractivity contribution in [1.29, 1.82) is 0 Å². The average Bonchev–Trinajstić information content (AvgIpc) is 2.82. The Balaban J connectivity index is 1.76. The topological polar surface area (TPSA) is 79.9 Å². The molecule has 1 heterocycles. The van der Waals surface area contributed by atoms with E-state index >= 15 is 0 Å². The standard InChI is InChI=1S/C24H27N3O4S2/c1-16-21(23(29)31-13-12-30-3)22(26-24(32)27(16)2)17-8-7-9-18(14-17)25-20(28)15-33-19-10-5-4-6-11-19/h4-11,14,22H,12-13,15H2,1-3H3,(H,25,28)(H,26,32). The Labute approximate surface area is 203 Å². The molecule has 1 aliphatic heterocycles. The summed E-state index contributed by atoms with van der Waals surface area (Å²) in [6.07, 6.45) is 0. The molecule has 0 aliphatic carbocycles. The zero-order valence-corrected chi connectivity index (χ0v) is 20.4. The number of hydrogen-bond donors (Lipinski definition) is 2. The van der Waals surface area contributed by atoms with Crippen LogP contribution in [-0.4, -0.2) is 55.0 Å². The maximum absolute atomic E-state index is 12.9. The predicted molar refractivity (Wildman–Crippen MR) is 134 cm³/mol. The van der Waals surface area contributed by atoms with Gasteiger partial charge >= 0.3 is 5.97 Å². The number of rotatable bonds is 9. The molecule has 1 atom stereocenters. The summed E-state index contributed by atoms with van der Waals surface area (Å²) < 4.78 is 10.4. The monoisotopic (exact) mass is 485 g/mol. The number of ether oxygens (including phenoxy) is 2. The number of carbonyl (C=O) groups excluding carboxylic acids is 2. The minimum absolute atomic E-state index is 0.112. The van der Waals surface area contributed by atoms with E-state index in [-0.39, 0.29) is 12.5 Å². The molecule has 0 bridgehead atoms. The summed E-state index contributed by atoms with van der Waals surface area (Å²) in [6.45, 7) is 2.30. The van der Waals surface area contributed by atoms with E-state index < -0.39 is 12.0 Å². The van der Waals surface area contributed by atoms with Gasteiger partial charge in [-0.1, -0.05) is 30.3 Å². The van der Waals surface area contributed by atoms with E-state index in [2.05, 4.69) is 10.6 Å². The highest BCUT2D eigenvalue weighted by molar-refractivity contribution is 8.00. The molecular weight excluding hydrogens is 458 g/mol. The van der Waals surface area contributed by atoms with Gasteiger partial charge in [0, 0.05) is 30.4 Å². The van der Waals surface area contributed by atoms with Crippen molar-refractivity contribution in [2.24, 2.45) is 0 Å². The molecule has 1 unspecified atom stereocenters. The van der Waals surface area contributed by atoms with E-state index in [1.165, 1.54) is 11.8 Å². The van der Waals surface area contributed by atoms with E-state index in [1.807, 2.05) is 61.5 Å². The van der Waals surface area contributed by atoms with Crippen molar-refractivity contribution in [2.45, 2.75) is 17.9 Å². The van der Waals surface area contributed by atoms with Crippen LogP contribution >= 0.6 is 24.0 Å². The average molecular weight is 486 g/mol. The number of allylic oxidation sites excluding steroid dienone is 1. The molecule has 0 radical (unpaired) electrons. The lowest BCUT2D eigenvalue weighted by molar-refractivity contribution is -0.140. The number of thioether (sulfide) groups is 1. The van der Waals surface area contributed by atoms with Crippen molar-refractivity contribution in [2.75, 3.05) is 38.4 Å². The SMILES string of the molecule is COCCOC(=O)C1=C(C)N(C)C(=S)NC1c1cccc(NC(=O)CSc2ccccc2)c1. The van der Waals surface area contributed by atoms with Crippen LogP contribution in [0.25, 0.3) is 0 Å². The Morgan fingerprint density at radius 2 is 1.91 bits per heavy atom. The second-order valence-corrected chi connectivity index (χ2v) is 8.78. The van der Waals surface area contributed by atoms with Crippen molar-refractivity contribution in [1.82, 2.24) is 10.2 Å². The largest absolute Gasteiger partial charge is 0.460 e. The first-order chi connectivity index (χ1) is 15.9. The third kappa shape index (κ3) is 6.56. The molecular formula is C24H27N3O4S2. The van der Waals surface area contributed by atoms with Gasteiger partial charge in [-0.25, -0.2) is 4.79 Å². The fourth-order valence-electron chi connectivity index (χ4n) is 3.30. The highest BCUT2D eigenvalue weighted by Gasteiger charge is 2.33. The van der Waals surface area contributed by atoms with Crippen LogP contribution in [0.4, 0.5) is 5.69 Å². The molecule has 9 heteroatoms. The normalized spacial score (nSPS) is 15.8. The number of esters is 1. The predicted octanol–water partition coefficient (Wildman–Crippen LogP) is 3.74. The molecule has 2 aromatic carbocycles. The van der Waals surface area contributed by atoms with Crippen molar-refractivity contribution >= 4 is 46.7 Å². The third-order valence-electron chi connectivity index (χ3n) is 5.11. The fraction of sp³-hybridized carbons (Fsp3) is 0.292. The van der Waals surface area contributed by atoms with Crippen LogP contribution in [0, 0.1) is 0 Å². The van der Waals surface area contributed by atoms with Crippen LogP contribution in [0.3, 0.4) is 0 Å². The number of methoxy groups -OCH3 is 1. The Bertz CT molecular complexity index is 1040. The van der Waals surface area contributed by atoms with Gasteiger partial charge in [-0.05, 0) is 49.0 Å². The van der Waals surface area contributed by atoms with Crippen molar-refractivity contribution in [3.63, 3.8) is 0 Å². The van der Waals surface area contributed by atoms with Crippen LogP contribution in [0.5, 0.6) is 0 Å². The zero-order chi connectivity index (χ0) is 23.8. The number of nitrogens with zero attached hydrogens (tertiary/aromatic N) is 1. The maximum Gasteiger partial charge on any atom is 0.338 e. The summed E-state index contributed by atoms with van der Waals surface area (Å²) in [5.74, 6) is -0.259. The molecule has 3 rings (SSSR count). The van der Waals surface area contributed by atoms with Gasteiger partial charge in [-0.3, -0.25) is 4.79 Å². The van der Waals surface area contributed by atoms with Gasteiger partial charge in [0.05, 0.1) is 24.0 Å². The number of hydrogen-bond acceptors (Lipinski definition) is 6. The Morgan fingerprint density at radius 3 is 2.64 bits per heavy atom. The van der Waals surface area contributed by atoms with Gasteiger partial charge in [-0.2, -0.15) is 0 Å². The summed E-state index contributed by atoms with van der Waals surface area (Å²) in [5.41, 5.74) is 2.60. The van der Waals surface area contributed by atoms with E-state index in [9.17, 15) is 9.59 Å². The van der Waals surface area contributed by atoms with E-state index in [1.54, 1.807) is 19.1 Å². The first-order valence-corrected chi connectivity index (χ1v) is 11.8. The van der Waals surface area contributed by atoms with Crippen LogP contribution in [0.1, 0.15) is 18.5 Å². The number of amides is 1. The van der Waals surface area contributed by atoms with E-state index in [0.29, 0.717) is 34.4 Å². The quantitative estimate of drug-likeness (QED) is 0.241.